The molecule has 5 heteroatoms. The minimum Gasteiger partial charge on any atom is -0.396 e. The lowest BCUT2D eigenvalue weighted by atomic mass is 10.2. The Hall–Kier alpha value is -2.43. The van der Waals surface area contributed by atoms with Crippen LogP contribution in [0.5, 0.6) is 0 Å². The van der Waals surface area contributed by atoms with E-state index in [9.17, 15) is 0 Å². The van der Waals surface area contributed by atoms with Crippen LogP contribution in [-0.4, -0.2) is 18.1 Å². The van der Waals surface area contributed by atoms with E-state index in [1.165, 1.54) is 18.5 Å². The fourth-order valence-corrected chi connectivity index (χ4v) is 2.43. The Labute approximate surface area is 118 Å². The molecule has 0 atom stereocenters. The fourth-order valence-electron chi connectivity index (χ4n) is 2.43. The number of aromatic nitrogens is 1. The van der Waals surface area contributed by atoms with Gasteiger partial charge >= 0.3 is 0 Å². The van der Waals surface area contributed by atoms with Crippen LogP contribution in [0.15, 0.2) is 36.4 Å². The second-order valence-corrected chi connectivity index (χ2v) is 5.04. The van der Waals surface area contributed by atoms with Crippen molar-refractivity contribution in [2.75, 3.05) is 34.8 Å². The average molecular weight is 269 g/mol. The Bertz CT molecular complexity index is 588. The summed E-state index contributed by atoms with van der Waals surface area (Å²) >= 11 is 0. The molecule has 5 nitrogen and oxygen atoms in total. The van der Waals surface area contributed by atoms with Gasteiger partial charge < -0.3 is 21.7 Å². The topological polar surface area (TPSA) is 80.2 Å². The summed E-state index contributed by atoms with van der Waals surface area (Å²) in [6, 6.07) is 12.0. The molecular weight excluding hydrogens is 250 g/mol. The predicted octanol–water partition coefficient (Wildman–Crippen LogP) is 2.59. The smallest absolute Gasteiger partial charge is 0.149 e. The minimum atomic E-state index is 0.351. The number of nitrogens with one attached hydrogen (secondary N) is 1. The zero-order valence-electron chi connectivity index (χ0n) is 11.3. The van der Waals surface area contributed by atoms with Crippen LogP contribution in [0.2, 0.25) is 0 Å². The van der Waals surface area contributed by atoms with Crippen molar-refractivity contribution < 1.29 is 0 Å². The normalized spacial score (nSPS) is 14.5. The van der Waals surface area contributed by atoms with Crippen molar-refractivity contribution in [3.8, 4) is 0 Å². The molecule has 1 fully saturated rings. The monoisotopic (exact) mass is 269 g/mol. The maximum absolute atomic E-state index is 5.70. The van der Waals surface area contributed by atoms with Crippen molar-refractivity contribution >= 4 is 28.7 Å². The zero-order valence-corrected chi connectivity index (χ0v) is 11.3. The molecule has 1 aromatic heterocycles. The highest BCUT2D eigenvalue weighted by Crippen LogP contribution is 2.24. The highest BCUT2D eigenvalue weighted by molar-refractivity contribution is 5.66. The van der Waals surface area contributed by atoms with Crippen LogP contribution in [0.25, 0.3) is 0 Å². The maximum Gasteiger partial charge on any atom is 0.149 e. The first kappa shape index (κ1) is 12.6. The van der Waals surface area contributed by atoms with Gasteiger partial charge in [-0.3, -0.25) is 0 Å². The van der Waals surface area contributed by atoms with E-state index in [1.807, 2.05) is 6.07 Å². The quantitative estimate of drug-likeness (QED) is 0.798. The Morgan fingerprint density at radius 1 is 0.950 bits per heavy atom. The lowest BCUT2D eigenvalue weighted by Crippen LogP contribution is -2.17. The van der Waals surface area contributed by atoms with Gasteiger partial charge in [-0.15, -0.1) is 0 Å². The van der Waals surface area contributed by atoms with Crippen LogP contribution >= 0.6 is 0 Å². The van der Waals surface area contributed by atoms with E-state index < -0.39 is 0 Å². The summed E-state index contributed by atoms with van der Waals surface area (Å²) in [6.07, 6.45) is 2.57. The van der Waals surface area contributed by atoms with Gasteiger partial charge in [0.15, 0.2) is 0 Å². The van der Waals surface area contributed by atoms with Crippen LogP contribution in [0.1, 0.15) is 12.8 Å². The molecule has 0 unspecified atom stereocenters. The van der Waals surface area contributed by atoms with Crippen molar-refractivity contribution in [3.63, 3.8) is 0 Å². The molecule has 0 aliphatic carbocycles. The number of anilines is 5. The molecule has 1 aromatic carbocycles. The van der Waals surface area contributed by atoms with Crippen LogP contribution in [0.4, 0.5) is 28.7 Å². The summed E-state index contributed by atoms with van der Waals surface area (Å²) in [5, 5.41) is 3.22. The van der Waals surface area contributed by atoms with Crippen molar-refractivity contribution in [2.24, 2.45) is 0 Å². The number of rotatable bonds is 3. The second kappa shape index (κ2) is 5.28. The lowest BCUT2D eigenvalue weighted by molar-refractivity contribution is 0.949. The number of nitrogens with zero attached hydrogens (tertiary/aromatic N) is 2. The molecule has 3 rings (SSSR count). The third-order valence-corrected chi connectivity index (χ3v) is 3.57. The molecule has 104 valence electrons. The van der Waals surface area contributed by atoms with Crippen LogP contribution < -0.4 is 21.7 Å². The lowest BCUT2D eigenvalue weighted by Gasteiger charge is -2.18. The molecule has 0 bridgehead atoms. The highest BCUT2D eigenvalue weighted by atomic mass is 15.1. The first-order valence-corrected chi connectivity index (χ1v) is 6.86. The molecule has 1 aliphatic rings. The molecule has 2 heterocycles. The van der Waals surface area contributed by atoms with E-state index in [0.29, 0.717) is 17.3 Å². The molecule has 0 spiro atoms. The van der Waals surface area contributed by atoms with Gasteiger partial charge in [-0.2, -0.15) is 0 Å². The van der Waals surface area contributed by atoms with E-state index >= 15 is 0 Å². The molecule has 2 aromatic rings. The zero-order chi connectivity index (χ0) is 13.9. The van der Waals surface area contributed by atoms with E-state index in [2.05, 4.69) is 39.5 Å². The van der Waals surface area contributed by atoms with Gasteiger partial charge in [0, 0.05) is 24.5 Å². The summed E-state index contributed by atoms with van der Waals surface area (Å²) in [4.78, 5) is 6.61. The largest absolute Gasteiger partial charge is 0.396 e. The van der Waals surface area contributed by atoms with E-state index in [-0.39, 0.29) is 0 Å². The van der Waals surface area contributed by atoms with Crippen LogP contribution in [-0.2, 0) is 0 Å². The molecule has 0 amide bonds. The predicted molar refractivity (Wildman–Crippen MR) is 84.2 cm³/mol. The third-order valence-electron chi connectivity index (χ3n) is 3.57. The van der Waals surface area contributed by atoms with Gasteiger partial charge in [-0.05, 0) is 49.2 Å². The summed E-state index contributed by atoms with van der Waals surface area (Å²) in [5.74, 6) is 1.05. The molecule has 1 aliphatic heterocycles. The summed E-state index contributed by atoms with van der Waals surface area (Å²) in [6.45, 7) is 2.31. The van der Waals surface area contributed by atoms with E-state index in [0.717, 1.165) is 18.8 Å². The van der Waals surface area contributed by atoms with Crippen molar-refractivity contribution in [3.05, 3.63) is 36.4 Å². The van der Waals surface area contributed by atoms with Gasteiger partial charge in [0.1, 0.15) is 11.6 Å². The first-order chi connectivity index (χ1) is 9.72. The Balaban J connectivity index is 1.72. The first-order valence-electron chi connectivity index (χ1n) is 6.86. The van der Waals surface area contributed by atoms with Crippen molar-refractivity contribution in [1.82, 2.24) is 4.98 Å². The van der Waals surface area contributed by atoms with E-state index in [4.69, 9.17) is 11.5 Å². The van der Waals surface area contributed by atoms with Crippen molar-refractivity contribution in [1.29, 1.82) is 0 Å². The molecule has 20 heavy (non-hydrogen) atoms. The number of hydrogen-bond donors (Lipinski definition) is 3. The Morgan fingerprint density at radius 3 is 2.30 bits per heavy atom. The van der Waals surface area contributed by atoms with Gasteiger partial charge in [-0.25, -0.2) is 4.98 Å². The van der Waals surface area contributed by atoms with Gasteiger partial charge in [-0.1, -0.05) is 0 Å². The summed E-state index contributed by atoms with van der Waals surface area (Å²) < 4.78 is 0. The van der Waals surface area contributed by atoms with Gasteiger partial charge in [0.2, 0.25) is 0 Å². The molecular formula is C15H19N5. The Morgan fingerprint density at radius 2 is 1.65 bits per heavy atom. The highest BCUT2D eigenvalue weighted by Gasteiger charge is 2.11. The minimum absolute atomic E-state index is 0.351. The number of hydrogen-bond acceptors (Lipinski definition) is 5. The van der Waals surface area contributed by atoms with Crippen LogP contribution in [0, 0.1) is 0 Å². The molecule has 0 saturated carbocycles. The van der Waals surface area contributed by atoms with Crippen LogP contribution in [0.3, 0.4) is 0 Å². The number of pyridine rings is 1. The number of benzene rings is 1. The fraction of sp³-hybridized carbons (Fsp3) is 0.267. The molecule has 5 N–H and O–H groups in total. The van der Waals surface area contributed by atoms with E-state index in [1.54, 1.807) is 6.07 Å². The molecule has 0 radical (unpaired) electrons. The second-order valence-electron chi connectivity index (χ2n) is 5.04. The summed E-state index contributed by atoms with van der Waals surface area (Å²) in [7, 11) is 0. The molecule has 1 saturated heterocycles. The van der Waals surface area contributed by atoms with Crippen molar-refractivity contribution in [2.45, 2.75) is 12.8 Å². The maximum atomic E-state index is 5.70. The third kappa shape index (κ3) is 2.61. The SMILES string of the molecule is Nc1ccc(Nc2ccc(N3CCCC3)cc2)nc1N. The van der Waals surface area contributed by atoms with Gasteiger partial charge in [0.05, 0.1) is 5.69 Å². The Kier molecular flexibility index (Phi) is 3.33. The summed E-state index contributed by atoms with van der Waals surface area (Å²) in [5.41, 5.74) is 14.1. The average Bonchev–Trinajstić information content (AvgIpc) is 2.98. The number of nitrogen functional groups attached to an aromatic ring is 2. The number of nitrogens with two attached hydrogens (primary N) is 2. The standard InChI is InChI=1S/C15H19N5/c16-13-7-8-14(19-15(13)17)18-11-3-5-12(6-4-11)20-9-1-2-10-20/h3-8H,1-2,9-10,16H2,(H3,17,18,19). The van der Waals surface area contributed by atoms with Gasteiger partial charge in [0.25, 0.3) is 0 Å².